The zero-order chi connectivity index (χ0) is 19.1. The highest BCUT2D eigenvalue weighted by atomic mass is 32.1. The second-order valence-corrected chi connectivity index (χ2v) is 7.33. The molecule has 0 spiro atoms. The van der Waals surface area contributed by atoms with Crippen LogP contribution in [0.1, 0.15) is 30.4 Å². The molecule has 0 saturated carbocycles. The number of benzene rings is 1. The molecule has 1 aliphatic rings. The van der Waals surface area contributed by atoms with Gasteiger partial charge in [-0.15, -0.1) is 0 Å². The number of fused-ring (bicyclic) bond motifs is 1. The molecule has 1 aromatic carbocycles. The highest BCUT2D eigenvalue weighted by molar-refractivity contribution is 7.07. The minimum atomic E-state index is 0.0765. The molecule has 27 heavy (non-hydrogen) atoms. The van der Waals surface area contributed by atoms with Crippen LogP contribution in [0.25, 0.3) is 0 Å². The summed E-state index contributed by atoms with van der Waals surface area (Å²) in [4.78, 5) is 15.7. The van der Waals surface area contributed by atoms with E-state index in [1.54, 1.807) is 18.4 Å². The fraction of sp³-hybridized carbons (Fsp3) is 0.400. The summed E-state index contributed by atoms with van der Waals surface area (Å²) >= 11 is 1.72. The highest BCUT2D eigenvalue weighted by Gasteiger charge is 2.15. The third kappa shape index (κ3) is 5.47. The average molecular weight is 387 g/mol. The Morgan fingerprint density at radius 1 is 1.33 bits per heavy atom. The van der Waals surface area contributed by atoms with Gasteiger partial charge in [-0.3, -0.25) is 9.79 Å². The van der Waals surface area contributed by atoms with Gasteiger partial charge < -0.3 is 20.7 Å². The number of carbonyl (C=O) groups excluding carboxylic acids is 1. The number of guanidine groups is 1. The minimum absolute atomic E-state index is 0.0765. The maximum Gasteiger partial charge on any atom is 0.224 e. The number of rotatable bonds is 7. The van der Waals surface area contributed by atoms with E-state index in [9.17, 15) is 4.79 Å². The summed E-state index contributed by atoms with van der Waals surface area (Å²) in [7, 11) is 1.77. The Labute approximate surface area is 164 Å². The molecule has 144 valence electrons. The predicted octanol–water partition coefficient (Wildman–Crippen LogP) is 2.98. The maximum absolute atomic E-state index is 11.4. The number of nitrogens with one attached hydrogen (secondary N) is 3. The Kier molecular flexibility index (Phi) is 6.70. The molecule has 0 saturated heterocycles. The number of amides is 1. The van der Waals surface area contributed by atoms with Gasteiger partial charge >= 0.3 is 0 Å². The van der Waals surface area contributed by atoms with Crippen LogP contribution in [-0.4, -0.2) is 38.6 Å². The van der Waals surface area contributed by atoms with Gasteiger partial charge in [0.1, 0.15) is 12.4 Å². The molecule has 1 atom stereocenters. The second kappa shape index (κ2) is 9.41. The molecule has 6 nitrogen and oxygen atoms in total. The highest BCUT2D eigenvalue weighted by Crippen LogP contribution is 2.26. The molecule has 1 amide bonds. The first-order chi connectivity index (χ1) is 13.2. The molecular weight excluding hydrogens is 360 g/mol. The third-order valence-corrected chi connectivity index (χ3v) is 5.25. The van der Waals surface area contributed by atoms with Gasteiger partial charge in [0.15, 0.2) is 5.96 Å². The summed E-state index contributed by atoms with van der Waals surface area (Å²) in [5, 5.41) is 13.8. The van der Waals surface area contributed by atoms with Crippen molar-refractivity contribution < 1.29 is 9.53 Å². The van der Waals surface area contributed by atoms with Crippen LogP contribution in [0, 0.1) is 0 Å². The number of nitrogens with zero attached hydrogens (tertiary/aromatic N) is 1. The Bertz CT molecular complexity index is 789. The normalized spacial score (nSPS) is 14.9. The van der Waals surface area contributed by atoms with Crippen molar-refractivity contribution in [1.29, 1.82) is 0 Å². The first-order valence-corrected chi connectivity index (χ1v) is 10.1. The fourth-order valence-corrected chi connectivity index (χ4v) is 3.71. The van der Waals surface area contributed by atoms with Gasteiger partial charge in [-0.2, -0.15) is 11.3 Å². The number of carbonyl (C=O) groups is 1. The first kappa shape index (κ1) is 19.2. The average Bonchev–Trinajstić information content (AvgIpc) is 3.22. The van der Waals surface area contributed by atoms with Gasteiger partial charge in [-0.1, -0.05) is 6.92 Å². The quantitative estimate of drug-likeness (QED) is 0.389. The number of hydrogen-bond acceptors (Lipinski definition) is 4. The lowest BCUT2D eigenvalue weighted by atomic mass is 10.0. The number of anilines is 1. The zero-order valence-corrected chi connectivity index (χ0v) is 16.6. The zero-order valence-electron chi connectivity index (χ0n) is 15.7. The van der Waals surface area contributed by atoms with Gasteiger partial charge in [-0.05, 0) is 58.5 Å². The van der Waals surface area contributed by atoms with E-state index in [4.69, 9.17) is 4.74 Å². The second-order valence-electron chi connectivity index (χ2n) is 6.55. The van der Waals surface area contributed by atoms with Crippen LogP contribution >= 0.6 is 11.3 Å². The standard InChI is InChI=1S/C20H26N4O2S/c1-14(16-7-10-27-13-16)12-23-20(21-2)22-8-9-26-17-4-5-18-15(11-17)3-6-19(25)24-18/h4-5,7,10-11,13-14H,3,6,8-9,12H2,1-2H3,(H,24,25)(H2,21,22,23). The van der Waals surface area contributed by atoms with Crippen molar-refractivity contribution in [3.63, 3.8) is 0 Å². The van der Waals surface area contributed by atoms with E-state index in [-0.39, 0.29) is 5.91 Å². The summed E-state index contributed by atoms with van der Waals surface area (Å²) in [6.07, 6.45) is 1.29. The van der Waals surface area contributed by atoms with E-state index in [1.807, 2.05) is 18.2 Å². The van der Waals surface area contributed by atoms with Crippen molar-refractivity contribution in [3.8, 4) is 5.75 Å². The number of aliphatic imine (C=N–C) groups is 1. The van der Waals surface area contributed by atoms with Gasteiger partial charge in [0.2, 0.25) is 5.91 Å². The van der Waals surface area contributed by atoms with E-state index in [0.29, 0.717) is 25.5 Å². The van der Waals surface area contributed by atoms with Crippen molar-refractivity contribution in [3.05, 3.63) is 46.2 Å². The summed E-state index contributed by atoms with van der Waals surface area (Å²) in [6.45, 7) is 4.21. The number of thiophene rings is 1. The molecule has 3 rings (SSSR count). The van der Waals surface area contributed by atoms with Gasteiger partial charge in [0.05, 0.1) is 6.54 Å². The smallest absolute Gasteiger partial charge is 0.224 e. The molecule has 0 fully saturated rings. The molecule has 2 aromatic rings. The summed E-state index contributed by atoms with van der Waals surface area (Å²) in [5.74, 6) is 2.10. The summed E-state index contributed by atoms with van der Waals surface area (Å²) < 4.78 is 5.82. The van der Waals surface area contributed by atoms with Crippen LogP contribution in [-0.2, 0) is 11.2 Å². The van der Waals surface area contributed by atoms with Crippen molar-refractivity contribution in [2.45, 2.75) is 25.7 Å². The van der Waals surface area contributed by atoms with E-state index in [2.05, 4.69) is 44.7 Å². The Hall–Kier alpha value is -2.54. The van der Waals surface area contributed by atoms with Crippen LogP contribution in [0.2, 0.25) is 0 Å². The molecule has 0 aliphatic carbocycles. The molecule has 7 heteroatoms. The monoisotopic (exact) mass is 386 g/mol. The largest absolute Gasteiger partial charge is 0.492 e. The van der Waals surface area contributed by atoms with Gasteiger partial charge in [0, 0.05) is 25.7 Å². The van der Waals surface area contributed by atoms with E-state index in [0.717, 1.165) is 35.9 Å². The molecule has 0 radical (unpaired) electrons. The molecule has 2 heterocycles. The van der Waals surface area contributed by atoms with Crippen LogP contribution in [0.15, 0.2) is 40.0 Å². The van der Waals surface area contributed by atoms with Gasteiger partial charge in [0.25, 0.3) is 0 Å². The van der Waals surface area contributed by atoms with Crippen LogP contribution < -0.4 is 20.7 Å². The Morgan fingerprint density at radius 3 is 3.00 bits per heavy atom. The van der Waals surface area contributed by atoms with Gasteiger partial charge in [-0.25, -0.2) is 0 Å². The van der Waals surface area contributed by atoms with E-state index < -0.39 is 0 Å². The number of ether oxygens (including phenoxy) is 1. The van der Waals surface area contributed by atoms with Crippen LogP contribution in [0.4, 0.5) is 5.69 Å². The third-order valence-electron chi connectivity index (χ3n) is 4.55. The molecule has 1 aliphatic heterocycles. The number of hydrogen-bond donors (Lipinski definition) is 3. The molecule has 0 bridgehead atoms. The minimum Gasteiger partial charge on any atom is -0.492 e. The van der Waals surface area contributed by atoms with E-state index in [1.165, 1.54) is 5.56 Å². The molecular formula is C20H26N4O2S. The lowest BCUT2D eigenvalue weighted by Gasteiger charge is -2.18. The van der Waals surface area contributed by atoms with Crippen LogP contribution in [0.5, 0.6) is 5.75 Å². The number of aryl methyl sites for hydroxylation is 1. The molecule has 1 unspecified atom stereocenters. The summed E-state index contributed by atoms with van der Waals surface area (Å²) in [6, 6.07) is 7.96. The lowest BCUT2D eigenvalue weighted by molar-refractivity contribution is -0.116. The summed E-state index contributed by atoms with van der Waals surface area (Å²) in [5.41, 5.74) is 3.36. The Morgan fingerprint density at radius 2 is 2.22 bits per heavy atom. The SMILES string of the molecule is CN=C(NCCOc1ccc2c(c1)CCC(=O)N2)NCC(C)c1ccsc1. The molecule has 3 N–H and O–H groups in total. The van der Waals surface area contributed by atoms with E-state index >= 15 is 0 Å². The lowest BCUT2D eigenvalue weighted by Crippen LogP contribution is -2.40. The molecule has 1 aromatic heterocycles. The fourth-order valence-electron chi connectivity index (χ4n) is 2.93. The van der Waals surface area contributed by atoms with Crippen molar-refractivity contribution in [2.75, 3.05) is 32.1 Å². The first-order valence-electron chi connectivity index (χ1n) is 9.18. The predicted molar refractivity (Wildman–Crippen MR) is 111 cm³/mol. The topological polar surface area (TPSA) is 74.8 Å². The van der Waals surface area contributed by atoms with Crippen LogP contribution in [0.3, 0.4) is 0 Å². The van der Waals surface area contributed by atoms with Crippen molar-refractivity contribution >= 4 is 28.9 Å². The Balaban J connectivity index is 1.39. The maximum atomic E-state index is 11.4. The van der Waals surface area contributed by atoms with Crippen molar-refractivity contribution in [2.24, 2.45) is 4.99 Å². The van der Waals surface area contributed by atoms with Crippen molar-refractivity contribution in [1.82, 2.24) is 10.6 Å².